The standard InChI is InChI=1S/C23H36ClN3O/c1-3-26(4-2)23(28)22-15-21(25-20-9-7-5-6-8-10-20)17-27(22)16-18-11-13-19(24)14-12-18/h11-14,20-22,25H,3-10,15-17H2,1-2H3/t21-,22+/m1/s1. The lowest BCUT2D eigenvalue weighted by Crippen LogP contribution is -2.45. The zero-order chi connectivity index (χ0) is 19.9. The van der Waals surface area contributed by atoms with Crippen molar-refractivity contribution < 1.29 is 4.79 Å². The van der Waals surface area contributed by atoms with Crippen LogP contribution in [0.1, 0.15) is 64.4 Å². The minimum Gasteiger partial charge on any atom is -0.342 e. The number of likely N-dealkylation sites (N-methyl/N-ethyl adjacent to an activating group) is 1. The van der Waals surface area contributed by atoms with Gasteiger partial charge in [0.1, 0.15) is 0 Å². The van der Waals surface area contributed by atoms with E-state index in [1.807, 2.05) is 17.0 Å². The van der Waals surface area contributed by atoms with Gasteiger partial charge in [0.05, 0.1) is 6.04 Å². The number of nitrogens with zero attached hydrogens (tertiary/aromatic N) is 2. The molecular formula is C23H36ClN3O. The van der Waals surface area contributed by atoms with Crippen LogP contribution in [-0.2, 0) is 11.3 Å². The van der Waals surface area contributed by atoms with Crippen LogP contribution in [0.15, 0.2) is 24.3 Å². The number of nitrogens with one attached hydrogen (secondary N) is 1. The van der Waals surface area contributed by atoms with Crippen LogP contribution in [0.3, 0.4) is 0 Å². The molecule has 1 N–H and O–H groups in total. The van der Waals surface area contributed by atoms with Gasteiger partial charge in [0.25, 0.3) is 0 Å². The van der Waals surface area contributed by atoms with Gasteiger partial charge in [-0.1, -0.05) is 49.4 Å². The number of hydrogen-bond donors (Lipinski definition) is 1. The van der Waals surface area contributed by atoms with Gasteiger partial charge in [0.15, 0.2) is 0 Å². The maximum Gasteiger partial charge on any atom is 0.239 e. The smallest absolute Gasteiger partial charge is 0.239 e. The van der Waals surface area contributed by atoms with Gasteiger partial charge in [-0.05, 0) is 50.8 Å². The summed E-state index contributed by atoms with van der Waals surface area (Å²) >= 11 is 6.05. The number of carbonyl (C=O) groups excluding carboxylic acids is 1. The van der Waals surface area contributed by atoms with Crippen LogP contribution >= 0.6 is 11.6 Å². The van der Waals surface area contributed by atoms with E-state index in [4.69, 9.17) is 11.6 Å². The third kappa shape index (κ3) is 5.71. The van der Waals surface area contributed by atoms with Gasteiger partial charge in [0.2, 0.25) is 5.91 Å². The molecular weight excluding hydrogens is 370 g/mol. The Hall–Kier alpha value is -1.10. The second kappa shape index (κ2) is 10.6. The molecule has 0 bridgehead atoms. The first-order chi connectivity index (χ1) is 13.6. The zero-order valence-electron chi connectivity index (χ0n) is 17.5. The Kier molecular flexibility index (Phi) is 8.19. The fraction of sp³-hybridized carbons (Fsp3) is 0.696. The molecule has 28 heavy (non-hydrogen) atoms. The molecule has 1 aromatic rings. The summed E-state index contributed by atoms with van der Waals surface area (Å²) in [5.74, 6) is 0.282. The lowest BCUT2D eigenvalue weighted by molar-refractivity contribution is -0.135. The molecule has 1 saturated carbocycles. The first-order valence-corrected chi connectivity index (χ1v) is 11.5. The van der Waals surface area contributed by atoms with E-state index in [0.717, 1.165) is 37.6 Å². The van der Waals surface area contributed by atoms with Crippen molar-refractivity contribution >= 4 is 17.5 Å². The van der Waals surface area contributed by atoms with Crippen LogP contribution in [0.2, 0.25) is 5.02 Å². The van der Waals surface area contributed by atoms with Crippen LogP contribution < -0.4 is 5.32 Å². The second-order valence-corrected chi connectivity index (χ2v) is 8.81. The molecule has 1 saturated heterocycles. The molecule has 2 atom stereocenters. The van der Waals surface area contributed by atoms with Crippen molar-refractivity contribution in [3.05, 3.63) is 34.9 Å². The average molecular weight is 406 g/mol. The Bertz CT molecular complexity index is 609. The number of carbonyl (C=O) groups is 1. The maximum absolute atomic E-state index is 13.2. The minimum atomic E-state index is -0.0288. The first kappa shape index (κ1) is 21.6. The monoisotopic (exact) mass is 405 g/mol. The van der Waals surface area contributed by atoms with Gasteiger partial charge in [0, 0.05) is 43.3 Å². The Labute approximate surface area is 175 Å². The molecule has 156 valence electrons. The van der Waals surface area contributed by atoms with E-state index in [1.165, 1.54) is 44.1 Å². The molecule has 4 nitrogen and oxygen atoms in total. The Morgan fingerprint density at radius 2 is 1.71 bits per heavy atom. The van der Waals surface area contributed by atoms with Crippen molar-refractivity contribution in [1.82, 2.24) is 15.1 Å². The number of amides is 1. The molecule has 2 fully saturated rings. The average Bonchev–Trinajstić information content (AvgIpc) is 2.90. The fourth-order valence-corrected chi connectivity index (χ4v) is 4.93. The van der Waals surface area contributed by atoms with Crippen LogP contribution in [0.4, 0.5) is 0 Å². The summed E-state index contributed by atoms with van der Waals surface area (Å²) in [4.78, 5) is 17.5. The van der Waals surface area contributed by atoms with Crippen LogP contribution in [0, 0.1) is 0 Å². The molecule has 1 aromatic carbocycles. The number of hydrogen-bond acceptors (Lipinski definition) is 3. The van der Waals surface area contributed by atoms with Crippen LogP contribution in [0.25, 0.3) is 0 Å². The molecule has 5 heteroatoms. The highest BCUT2D eigenvalue weighted by Gasteiger charge is 2.38. The minimum absolute atomic E-state index is 0.0288. The normalized spacial score (nSPS) is 24.2. The van der Waals surface area contributed by atoms with E-state index in [-0.39, 0.29) is 11.9 Å². The molecule has 3 rings (SSSR count). The third-order valence-corrected chi connectivity index (χ3v) is 6.64. The number of halogens is 1. The fourth-order valence-electron chi connectivity index (χ4n) is 4.81. The molecule has 1 heterocycles. The van der Waals surface area contributed by atoms with Crippen LogP contribution in [0.5, 0.6) is 0 Å². The van der Waals surface area contributed by atoms with E-state index >= 15 is 0 Å². The SMILES string of the molecule is CCN(CC)C(=O)[C@@H]1C[C@@H](NC2CCCCCC2)CN1Cc1ccc(Cl)cc1. The summed E-state index contributed by atoms with van der Waals surface area (Å²) in [5.41, 5.74) is 1.22. The summed E-state index contributed by atoms with van der Waals surface area (Å²) in [6.45, 7) is 7.44. The van der Waals surface area contributed by atoms with Gasteiger partial charge in [-0.3, -0.25) is 9.69 Å². The van der Waals surface area contributed by atoms with Gasteiger partial charge in [-0.25, -0.2) is 0 Å². The van der Waals surface area contributed by atoms with E-state index in [0.29, 0.717) is 12.1 Å². The quantitative estimate of drug-likeness (QED) is 0.680. The molecule has 1 aliphatic carbocycles. The number of likely N-dealkylation sites (tertiary alicyclic amines) is 1. The van der Waals surface area contributed by atoms with Crippen molar-refractivity contribution in [2.45, 2.75) is 83.5 Å². The lowest BCUT2D eigenvalue weighted by atomic mass is 10.1. The predicted octanol–water partition coefficient (Wildman–Crippen LogP) is 4.46. The van der Waals surface area contributed by atoms with E-state index in [1.54, 1.807) is 0 Å². The highest BCUT2D eigenvalue weighted by Crippen LogP contribution is 2.25. The van der Waals surface area contributed by atoms with Gasteiger partial charge in [-0.2, -0.15) is 0 Å². The molecule has 1 amide bonds. The zero-order valence-corrected chi connectivity index (χ0v) is 18.3. The van der Waals surface area contributed by atoms with Gasteiger partial charge in [-0.15, -0.1) is 0 Å². The topological polar surface area (TPSA) is 35.6 Å². The van der Waals surface area contributed by atoms with Gasteiger partial charge >= 0.3 is 0 Å². The first-order valence-electron chi connectivity index (χ1n) is 11.1. The Morgan fingerprint density at radius 3 is 2.32 bits per heavy atom. The van der Waals surface area contributed by atoms with E-state index < -0.39 is 0 Å². The van der Waals surface area contributed by atoms with Crippen LogP contribution in [-0.4, -0.2) is 53.5 Å². The summed E-state index contributed by atoms with van der Waals surface area (Å²) in [5, 5.41) is 4.67. The van der Waals surface area contributed by atoms with E-state index in [2.05, 4.69) is 36.2 Å². The Morgan fingerprint density at radius 1 is 1.07 bits per heavy atom. The van der Waals surface area contributed by atoms with Crippen molar-refractivity contribution in [3.8, 4) is 0 Å². The summed E-state index contributed by atoms with van der Waals surface area (Å²) in [6.07, 6.45) is 8.88. The number of rotatable bonds is 7. The summed E-state index contributed by atoms with van der Waals surface area (Å²) in [6, 6.07) is 9.02. The van der Waals surface area contributed by atoms with Crippen molar-refractivity contribution in [2.75, 3.05) is 19.6 Å². The molecule has 2 aliphatic rings. The van der Waals surface area contributed by atoms with Gasteiger partial charge < -0.3 is 10.2 Å². The Balaban J connectivity index is 1.69. The predicted molar refractivity (Wildman–Crippen MR) is 117 cm³/mol. The largest absolute Gasteiger partial charge is 0.342 e. The highest BCUT2D eigenvalue weighted by molar-refractivity contribution is 6.30. The molecule has 0 aromatic heterocycles. The molecule has 0 unspecified atom stereocenters. The van der Waals surface area contributed by atoms with Crippen molar-refractivity contribution in [2.24, 2.45) is 0 Å². The third-order valence-electron chi connectivity index (χ3n) is 6.39. The highest BCUT2D eigenvalue weighted by atomic mass is 35.5. The summed E-state index contributed by atoms with van der Waals surface area (Å²) in [7, 11) is 0. The van der Waals surface area contributed by atoms with Crippen molar-refractivity contribution in [1.29, 1.82) is 0 Å². The summed E-state index contributed by atoms with van der Waals surface area (Å²) < 4.78 is 0. The molecule has 1 aliphatic heterocycles. The molecule has 0 spiro atoms. The lowest BCUT2D eigenvalue weighted by Gasteiger charge is -2.28. The second-order valence-electron chi connectivity index (χ2n) is 8.37. The molecule has 0 radical (unpaired) electrons. The van der Waals surface area contributed by atoms with Crippen molar-refractivity contribution in [3.63, 3.8) is 0 Å². The van der Waals surface area contributed by atoms with E-state index in [9.17, 15) is 4.79 Å². The maximum atomic E-state index is 13.2. The number of benzene rings is 1.